The van der Waals surface area contributed by atoms with Crippen molar-refractivity contribution in [1.29, 1.82) is 0 Å². The van der Waals surface area contributed by atoms with Crippen LogP contribution < -0.4 is 0 Å². The van der Waals surface area contributed by atoms with Crippen molar-refractivity contribution in [3.05, 3.63) is 126 Å². The van der Waals surface area contributed by atoms with Gasteiger partial charge in [-0.15, -0.1) is 0 Å². The molecule has 0 aromatic heterocycles. The Morgan fingerprint density at radius 2 is 1.18 bits per heavy atom. The van der Waals surface area contributed by atoms with Crippen LogP contribution in [0.5, 0.6) is 0 Å². The smallest absolute Gasteiger partial charge is 0.195 e. The lowest BCUT2D eigenvalue weighted by Crippen LogP contribution is -2.01. The fourth-order valence-corrected chi connectivity index (χ4v) is 3.06. The predicted octanol–water partition coefficient (Wildman–Crippen LogP) is 6.34. The number of hydrogen-bond donors (Lipinski definition) is 0. The second-order valence-corrected chi connectivity index (χ2v) is 6.46. The molecule has 0 amide bonds. The molecule has 0 aliphatic heterocycles. The third-order valence-corrected chi connectivity index (χ3v) is 4.56. The summed E-state index contributed by atoms with van der Waals surface area (Å²) in [6.07, 6.45) is 1.80. The van der Waals surface area contributed by atoms with E-state index in [1.807, 2.05) is 84.9 Å². The van der Waals surface area contributed by atoms with Crippen LogP contribution in [0.15, 0.2) is 114 Å². The average molecular weight is 361 g/mol. The lowest BCUT2D eigenvalue weighted by molar-refractivity contribution is 0.103. The van der Waals surface area contributed by atoms with E-state index in [2.05, 4.69) is 29.3 Å². The Morgan fingerprint density at radius 3 is 1.89 bits per heavy atom. The zero-order chi connectivity index (χ0) is 19.2. The molecule has 0 unspecified atom stereocenters. The van der Waals surface area contributed by atoms with Crippen LogP contribution in [0.4, 0.5) is 5.69 Å². The van der Waals surface area contributed by atoms with Gasteiger partial charge in [0.25, 0.3) is 0 Å². The zero-order valence-electron chi connectivity index (χ0n) is 15.3. The second kappa shape index (κ2) is 8.28. The summed E-state index contributed by atoms with van der Waals surface area (Å²) in [5.41, 5.74) is 5.27. The molecule has 28 heavy (non-hydrogen) atoms. The van der Waals surface area contributed by atoms with Crippen LogP contribution in [-0.4, -0.2) is 12.0 Å². The molecule has 0 heterocycles. The Kier molecular flexibility index (Phi) is 5.21. The molecule has 0 saturated heterocycles. The molecule has 4 aromatic carbocycles. The number of aliphatic imine (C=N–C) groups is 1. The highest BCUT2D eigenvalue weighted by molar-refractivity contribution is 6.12. The van der Waals surface area contributed by atoms with Crippen molar-refractivity contribution in [3.8, 4) is 11.1 Å². The van der Waals surface area contributed by atoms with E-state index in [4.69, 9.17) is 0 Å². The minimum atomic E-state index is -0.0206. The van der Waals surface area contributed by atoms with Gasteiger partial charge in [0, 0.05) is 17.3 Å². The van der Waals surface area contributed by atoms with Gasteiger partial charge in [-0.05, 0) is 28.8 Å². The standard InChI is InChI=1S/C26H19NO/c28-26(23-11-5-2-6-12-23)24-13-7-8-14-25(24)27-19-20-15-17-22(18-16-20)21-9-3-1-4-10-21/h1-19H. The van der Waals surface area contributed by atoms with Crippen molar-refractivity contribution >= 4 is 17.7 Å². The van der Waals surface area contributed by atoms with Crippen molar-refractivity contribution in [2.45, 2.75) is 0 Å². The van der Waals surface area contributed by atoms with Gasteiger partial charge >= 0.3 is 0 Å². The number of rotatable bonds is 5. The summed E-state index contributed by atoms with van der Waals surface area (Å²) in [4.78, 5) is 17.4. The van der Waals surface area contributed by atoms with Gasteiger partial charge in [0.15, 0.2) is 5.78 Å². The topological polar surface area (TPSA) is 29.4 Å². The van der Waals surface area contributed by atoms with Gasteiger partial charge in [-0.2, -0.15) is 0 Å². The van der Waals surface area contributed by atoms with E-state index in [-0.39, 0.29) is 5.78 Å². The minimum absolute atomic E-state index is 0.0206. The van der Waals surface area contributed by atoms with Crippen LogP contribution in [0, 0.1) is 0 Å². The normalized spacial score (nSPS) is 10.9. The molecule has 0 atom stereocenters. The van der Waals surface area contributed by atoms with Crippen molar-refractivity contribution < 1.29 is 4.79 Å². The van der Waals surface area contributed by atoms with E-state index in [1.165, 1.54) is 5.56 Å². The SMILES string of the molecule is O=C(c1ccccc1)c1ccccc1N=Cc1ccc(-c2ccccc2)cc1. The van der Waals surface area contributed by atoms with Crippen molar-refractivity contribution in [1.82, 2.24) is 0 Å². The maximum atomic E-state index is 12.8. The van der Waals surface area contributed by atoms with E-state index < -0.39 is 0 Å². The number of carbonyl (C=O) groups excluding carboxylic acids is 1. The third kappa shape index (κ3) is 3.97. The Bertz CT molecular complexity index is 1100. The summed E-state index contributed by atoms with van der Waals surface area (Å²) in [7, 11) is 0. The monoisotopic (exact) mass is 361 g/mol. The van der Waals surface area contributed by atoms with Crippen molar-refractivity contribution in [3.63, 3.8) is 0 Å². The molecule has 4 rings (SSSR count). The molecular formula is C26H19NO. The van der Waals surface area contributed by atoms with Gasteiger partial charge in [-0.1, -0.05) is 97.1 Å². The minimum Gasteiger partial charge on any atom is -0.289 e. The third-order valence-electron chi connectivity index (χ3n) is 4.56. The Balaban J connectivity index is 1.58. The van der Waals surface area contributed by atoms with Gasteiger partial charge in [0.2, 0.25) is 0 Å². The van der Waals surface area contributed by atoms with Crippen molar-refractivity contribution in [2.75, 3.05) is 0 Å². The fourth-order valence-electron chi connectivity index (χ4n) is 3.06. The summed E-state index contributed by atoms with van der Waals surface area (Å²) < 4.78 is 0. The number of benzene rings is 4. The number of hydrogen-bond acceptors (Lipinski definition) is 2. The summed E-state index contributed by atoms with van der Waals surface area (Å²) in [6, 6.07) is 35.2. The molecule has 0 spiro atoms. The van der Waals surface area contributed by atoms with Gasteiger partial charge in [0.1, 0.15) is 0 Å². The number of para-hydroxylation sites is 1. The average Bonchev–Trinajstić information content (AvgIpc) is 2.79. The molecule has 0 N–H and O–H groups in total. The first-order valence-electron chi connectivity index (χ1n) is 9.19. The predicted molar refractivity (Wildman–Crippen MR) is 115 cm³/mol. The van der Waals surface area contributed by atoms with Crippen LogP contribution in [0.2, 0.25) is 0 Å². The van der Waals surface area contributed by atoms with E-state index in [1.54, 1.807) is 6.21 Å². The van der Waals surface area contributed by atoms with Crippen LogP contribution >= 0.6 is 0 Å². The molecule has 0 fully saturated rings. The summed E-state index contributed by atoms with van der Waals surface area (Å²) >= 11 is 0. The Hall–Kier alpha value is -3.78. The van der Waals surface area contributed by atoms with E-state index in [9.17, 15) is 4.79 Å². The molecule has 4 aromatic rings. The van der Waals surface area contributed by atoms with E-state index in [0.717, 1.165) is 11.1 Å². The van der Waals surface area contributed by atoms with Crippen LogP contribution in [0.25, 0.3) is 11.1 Å². The van der Waals surface area contributed by atoms with Gasteiger partial charge in [-0.25, -0.2) is 0 Å². The summed E-state index contributed by atoms with van der Waals surface area (Å²) in [6.45, 7) is 0. The first-order chi connectivity index (χ1) is 13.8. The maximum Gasteiger partial charge on any atom is 0.195 e. The van der Waals surface area contributed by atoms with E-state index in [0.29, 0.717) is 16.8 Å². The molecule has 2 heteroatoms. The highest BCUT2D eigenvalue weighted by Gasteiger charge is 2.12. The molecule has 0 radical (unpaired) electrons. The van der Waals surface area contributed by atoms with Crippen LogP contribution in [0.1, 0.15) is 21.5 Å². The summed E-state index contributed by atoms with van der Waals surface area (Å²) in [5.74, 6) is -0.0206. The molecule has 2 nitrogen and oxygen atoms in total. The molecule has 134 valence electrons. The summed E-state index contributed by atoms with van der Waals surface area (Å²) in [5, 5.41) is 0. The molecular weight excluding hydrogens is 342 g/mol. The molecule has 0 aliphatic carbocycles. The van der Waals surface area contributed by atoms with Crippen molar-refractivity contribution in [2.24, 2.45) is 4.99 Å². The maximum absolute atomic E-state index is 12.8. The number of carbonyl (C=O) groups is 1. The van der Waals surface area contributed by atoms with Gasteiger partial charge in [0.05, 0.1) is 5.69 Å². The molecule has 0 aliphatic rings. The highest BCUT2D eigenvalue weighted by atomic mass is 16.1. The first-order valence-corrected chi connectivity index (χ1v) is 9.19. The Morgan fingerprint density at radius 1 is 0.607 bits per heavy atom. The fraction of sp³-hybridized carbons (Fsp3) is 0. The van der Waals surface area contributed by atoms with Gasteiger partial charge in [-0.3, -0.25) is 9.79 Å². The first kappa shape index (κ1) is 17.6. The highest BCUT2D eigenvalue weighted by Crippen LogP contribution is 2.23. The lowest BCUT2D eigenvalue weighted by atomic mass is 10.0. The largest absolute Gasteiger partial charge is 0.289 e. The van der Waals surface area contributed by atoms with Crippen LogP contribution in [-0.2, 0) is 0 Å². The second-order valence-electron chi connectivity index (χ2n) is 6.46. The Labute approximate surface area is 164 Å². The molecule has 0 bridgehead atoms. The molecule has 0 saturated carbocycles. The quantitative estimate of drug-likeness (QED) is 0.301. The number of nitrogens with zero attached hydrogens (tertiary/aromatic N) is 1. The lowest BCUT2D eigenvalue weighted by Gasteiger charge is -2.05. The van der Waals surface area contributed by atoms with Gasteiger partial charge < -0.3 is 0 Å². The zero-order valence-corrected chi connectivity index (χ0v) is 15.3. The van der Waals surface area contributed by atoms with E-state index >= 15 is 0 Å². The number of ketones is 1. The van der Waals surface area contributed by atoms with Crippen LogP contribution in [0.3, 0.4) is 0 Å².